The Morgan fingerprint density at radius 2 is 1.83 bits per heavy atom. The standard InChI is InChI=1S/C22H31N3O3S/c1-8-25-14(4)17(19(26)28-13(2)3)18(24-21(25)29)15-9-11-16(12-10-15)23-20(27)22(5,6)7/h9-13,18H,8H2,1-7H3,(H,23,27)(H,24,29)/t18-/m0/s1. The van der Waals surface area contributed by atoms with Gasteiger partial charge in [0.1, 0.15) is 0 Å². The quantitative estimate of drug-likeness (QED) is 0.554. The number of carbonyl (C=O) groups excluding carboxylic acids is 2. The second kappa shape index (κ2) is 8.95. The zero-order chi connectivity index (χ0) is 21.9. The first-order valence-corrected chi connectivity index (χ1v) is 10.3. The minimum Gasteiger partial charge on any atom is -0.459 e. The molecular formula is C22H31N3O3S. The molecule has 0 saturated heterocycles. The van der Waals surface area contributed by atoms with E-state index in [1.807, 2.05) is 77.6 Å². The number of nitrogens with zero attached hydrogens (tertiary/aromatic N) is 1. The molecule has 0 aliphatic carbocycles. The van der Waals surface area contributed by atoms with Crippen molar-refractivity contribution in [3.63, 3.8) is 0 Å². The third-order valence-corrected chi connectivity index (χ3v) is 5.00. The Hall–Kier alpha value is -2.41. The number of amides is 1. The Kier molecular flexibility index (Phi) is 7.06. The maximum atomic E-state index is 12.8. The van der Waals surface area contributed by atoms with E-state index in [0.29, 0.717) is 22.9 Å². The van der Waals surface area contributed by atoms with E-state index in [-0.39, 0.29) is 18.0 Å². The van der Waals surface area contributed by atoms with Gasteiger partial charge in [-0.2, -0.15) is 0 Å². The smallest absolute Gasteiger partial charge is 0.338 e. The molecule has 0 unspecified atom stereocenters. The monoisotopic (exact) mass is 417 g/mol. The van der Waals surface area contributed by atoms with Gasteiger partial charge in [0.2, 0.25) is 5.91 Å². The number of esters is 1. The third kappa shape index (κ3) is 5.35. The van der Waals surface area contributed by atoms with Gasteiger partial charge in [-0.3, -0.25) is 4.79 Å². The first-order chi connectivity index (χ1) is 13.5. The highest BCUT2D eigenvalue weighted by Gasteiger charge is 2.34. The van der Waals surface area contributed by atoms with Gasteiger partial charge in [-0.15, -0.1) is 0 Å². The van der Waals surface area contributed by atoms with Crippen LogP contribution in [-0.4, -0.2) is 34.5 Å². The van der Waals surface area contributed by atoms with Gasteiger partial charge in [-0.25, -0.2) is 4.79 Å². The lowest BCUT2D eigenvalue weighted by atomic mass is 9.94. The predicted molar refractivity (Wildman–Crippen MR) is 119 cm³/mol. The van der Waals surface area contributed by atoms with Crippen LogP contribution in [0.15, 0.2) is 35.5 Å². The van der Waals surface area contributed by atoms with Gasteiger partial charge < -0.3 is 20.3 Å². The lowest BCUT2D eigenvalue weighted by molar-refractivity contribution is -0.143. The fourth-order valence-corrected chi connectivity index (χ4v) is 3.42. The number of benzene rings is 1. The predicted octanol–water partition coefficient (Wildman–Crippen LogP) is 4.15. The van der Waals surface area contributed by atoms with Gasteiger partial charge in [0.05, 0.1) is 17.7 Å². The number of allylic oxidation sites excluding steroid dienone is 1. The summed E-state index contributed by atoms with van der Waals surface area (Å²) in [6.07, 6.45) is -0.220. The minimum atomic E-state index is -0.479. The van der Waals surface area contributed by atoms with Crippen molar-refractivity contribution in [2.24, 2.45) is 5.41 Å². The Bertz CT molecular complexity index is 823. The van der Waals surface area contributed by atoms with Crippen LogP contribution in [0.2, 0.25) is 0 Å². The van der Waals surface area contributed by atoms with E-state index in [1.165, 1.54) is 0 Å². The van der Waals surface area contributed by atoms with Crippen LogP contribution in [-0.2, 0) is 14.3 Å². The highest BCUT2D eigenvalue weighted by atomic mass is 32.1. The molecule has 6 nitrogen and oxygen atoms in total. The molecule has 7 heteroatoms. The molecule has 2 N–H and O–H groups in total. The maximum absolute atomic E-state index is 12.8. The number of hydrogen-bond donors (Lipinski definition) is 2. The number of carbonyl (C=O) groups is 2. The van der Waals surface area contributed by atoms with Crippen molar-refractivity contribution in [1.82, 2.24) is 10.2 Å². The number of ether oxygens (including phenoxy) is 1. The van der Waals surface area contributed by atoms with Crippen molar-refractivity contribution in [3.05, 3.63) is 41.1 Å². The Labute approximate surface area is 178 Å². The Balaban J connectivity index is 2.37. The van der Waals surface area contributed by atoms with Crippen molar-refractivity contribution in [2.45, 2.75) is 60.6 Å². The zero-order valence-corrected chi connectivity index (χ0v) is 19.1. The van der Waals surface area contributed by atoms with Crippen molar-refractivity contribution in [1.29, 1.82) is 0 Å². The molecule has 0 fully saturated rings. The first-order valence-electron chi connectivity index (χ1n) is 9.86. The average molecular weight is 418 g/mol. The molecular weight excluding hydrogens is 386 g/mol. The van der Waals surface area contributed by atoms with Crippen molar-refractivity contribution in [2.75, 3.05) is 11.9 Å². The van der Waals surface area contributed by atoms with Gasteiger partial charge >= 0.3 is 5.97 Å². The number of nitrogens with one attached hydrogen (secondary N) is 2. The van der Waals surface area contributed by atoms with Crippen molar-refractivity contribution < 1.29 is 14.3 Å². The normalized spacial score (nSPS) is 17.3. The number of hydrogen-bond acceptors (Lipinski definition) is 4. The number of rotatable bonds is 5. The molecule has 1 aromatic carbocycles. The van der Waals surface area contributed by atoms with Crippen LogP contribution in [0.3, 0.4) is 0 Å². The van der Waals surface area contributed by atoms with Crippen LogP contribution in [0, 0.1) is 5.41 Å². The van der Waals surface area contributed by atoms with Crippen LogP contribution >= 0.6 is 12.2 Å². The first kappa shape index (κ1) is 22.9. The fraction of sp³-hybridized carbons (Fsp3) is 0.500. The number of anilines is 1. The SMILES string of the molecule is CCN1C(=S)N[C@@H](c2ccc(NC(=O)C(C)(C)C)cc2)C(C(=O)OC(C)C)=C1C. The fourth-order valence-electron chi connectivity index (χ4n) is 3.03. The molecule has 2 rings (SSSR count). The van der Waals surface area contributed by atoms with E-state index in [0.717, 1.165) is 11.3 Å². The van der Waals surface area contributed by atoms with Gasteiger partial charge in [-0.05, 0) is 57.6 Å². The number of thiocarbonyl (C=S) groups is 1. The molecule has 0 spiro atoms. The summed E-state index contributed by atoms with van der Waals surface area (Å²) < 4.78 is 5.49. The molecule has 0 bridgehead atoms. The second-order valence-electron chi connectivity index (χ2n) is 8.41. The van der Waals surface area contributed by atoms with E-state index in [4.69, 9.17) is 17.0 Å². The van der Waals surface area contributed by atoms with Gasteiger partial charge in [0, 0.05) is 23.3 Å². The molecule has 0 saturated carbocycles. The van der Waals surface area contributed by atoms with Crippen molar-refractivity contribution >= 4 is 34.9 Å². The summed E-state index contributed by atoms with van der Waals surface area (Å²) in [6, 6.07) is 7.02. The Morgan fingerprint density at radius 1 is 1.24 bits per heavy atom. The molecule has 1 amide bonds. The minimum absolute atomic E-state index is 0.0576. The van der Waals surface area contributed by atoms with Crippen molar-refractivity contribution in [3.8, 4) is 0 Å². The van der Waals surface area contributed by atoms with E-state index in [2.05, 4.69) is 10.6 Å². The van der Waals surface area contributed by atoms with Gasteiger partial charge in [0.25, 0.3) is 0 Å². The summed E-state index contributed by atoms with van der Waals surface area (Å²) in [5.41, 5.74) is 2.42. The largest absolute Gasteiger partial charge is 0.459 e. The highest BCUT2D eigenvalue weighted by Crippen LogP contribution is 2.32. The lowest BCUT2D eigenvalue weighted by Gasteiger charge is -2.37. The molecule has 158 valence electrons. The molecule has 1 aromatic rings. The molecule has 0 aromatic heterocycles. The van der Waals surface area contributed by atoms with E-state index in [1.54, 1.807) is 0 Å². The molecule has 1 atom stereocenters. The summed E-state index contributed by atoms with van der Waals surface area (Å²) in [5.74, 6) is -0.418. The van der Waals surface area contributed by atoms with Gasteiger partial charge in [-0.1, -0.05) is 32.9 Å². The summed E-state index contributed by atoms with van der Waals surface area (Å²) in [5, 5.41) is 6.74. The molecule has 29 heavy (non-hydrogen) atoms. The summed E-state index contributed by atoms with van der Waals surface area (Å²) in [6.45, 7) is 13.8. The average Bonchev–Trinajstić information content (AvgIpc) is 2.60. The van der Waals surface area contributed by atoms with Crippen LogP contribution in [0.25, 0.3) is 0 Å². The van der Waals surface area contributed by atoms with Crippen LogP contribution in [0.4, 0.5) is 5.69 Å². The topological polar surface area (TPSA) is 70.7 Å². The van der Waals surface area contributed by atoms with Crippen LogP contribution < -0.4 is 10.6 Å². The van der Waals surface area contributed by atoms with Crippen LogP contribution in [0.5, 0.6) is 0 Å². The lowest BCUT2D eigenvalue weighted by Crippen LogP contribution is -2.47. The summed E-state index contributed by atoms with van der Waals surface area (Å²) in [7, 11) is 0. The Morgan fingerprint density at radius 3 is 2.31 bits per heavy atom. The van der Waals surface area contributed by atoms with E-state index >= 15 is 0 Å². The summed E-state index contributed by atoms with van der Waals surface area (Å²) in [4.78, 5) is 26.9. The maximum Gasteiger partial charge on any atom is 0.338 e. The second-order valence-corrected chi connectivity index (χ2v) is 8.79. The third-order valence-electron chi connectivity index (χ3n) is 4.66. The molecule has 1 heterocycles. The highest BCUT2D eigenvalue weighted by molar-refractivity contribution is 7.80. The molecule has 1 aliphatic rings. The zero-order valence-electron chi connectivity index (χ0n) is 18.3. The molecule has 0 radical (unpaired) electrons. The van der Waals surface area contributed by atoms with Gasteiger partial charge in [0.15, 0.2) is 5.11 Å². The van der Waals surface area contributed by atoms with E-state index < -0.39 is 11.5 Å². The van der Waals surface area contributed by atoms with Crippen LogP contribution in [0.1, 0.15) is 60.1 Å². The summed E-state index contributed by atoms with van der Waals surface area (Å²) >= 11 is 5.50. The van der Waals surface area contributed by atoms with E-state index in [9.17, 15) is 9.59 Å². The molecule has 1 aliphatic heterocycles.